The quantitative estimate of drug-likeness (QED) is 0.719. The number of hydrogen-bond acceptors (Lipinski definition) is 4. The molecule has 0 aliphatic carbocycles. The van der Waals surface area contributed by atoms with Crippen LogP contribution in [-0.2, 0) is 18.5 Å². The predicted molar refractivity (Wildman–Crippen MR) is 110 cm³/mol. The van der Waals surface area contributed by atoms with Gasteiger partial charge in [-0.15, -0.1) is 0 Å². The van der Waals surface area contributed by atoms with E-state index < -0.39 is 22.6 Å². The van der Waals surface area contributed by atoms with Gasteiger partial charge in [0, 0.05) is 5.41 Å². The van der Waals surface area contributed by atoms with Crippen LogP contribution in [0, 0.1) is 0 Å². The molecule has 0 spiro atoms. The summed E-state index contributed by atoms with van der Waals surface area (Å²) in [5.74, 6) is -1.03. The van der Waals surface area contributed by atoms with E-state index in [-0.39, 0.29) is 18.7 Å². The highest BCUT2D eigenvalue weighted by atomic mass is 16.4. The highest BCUT2D eigenvalue weighted by molar-refractivity contribution is 5.87. The molecule has 7 nitrogen and oxygen atoms in total. The van der Waals surface area contributed by atoms with Crippen molar-refractivity contribution < 1.29 is 9.90 Å². The second-order valence-corrected chi connectivity index (χ2v) is 7.92. The van der Waals surface area contributed by atoms with Crippen LogP contribution in [0.5, 0.6) is 0 Å². The third-order valence-electron chi connectivity index (χ3n) is 4.55. The summed E-state index contributed by atoms with van der Waals surface area (Å²) < 4.78 is 2.47. The Bertz CT molecular complexity index is 1140. The minimum atomic E-state index is -1.03. The van der Waals surface area contributed by atoms with Crippen LogP contribution in [0.4, 0.5) is 0 Å². The number of hydrogen-bond donors (Lipinski definition) is 1. The van der Waals surface area contributed by atoms with Gasteiger partial charge in [0.2, 0.25) is 0 Å². The maximum absolute atomic E-state index is 13.0. The summed E-state index contributed by atoms with van der Waals surface area (Å²) >= 11 is 0. The maximum Gasteiger partial charge on any atom is 0.348 e. The zero-order chi connectivity index (χ0) is 21.2. The van der Waals surface area contributed by atoms with Gasteiger partial charge in [-0.05, 0) is 23.3 Å². The average molecular weight is 393 g/mol. The minimum absolute atomic E-state index is 0.0396. The lowest BCUT2D eigenvalue weighted by atomic mass is 9.92. The van der Waals surface area contributed by atoms with Crippen molar-refractivity contribution in [3.63, 3.8) is 0 Å². The summed E-state index contributed by atoms with van der Waals surface area (Å²) in [6.45, 7) is 5.92. The van der Waals surface area contributed by atoms with Gasteiger partial charge in [-0.25, -0.2) is 14.3 Å². The molecule has 1 N–H and O–H groups in total. The molecule has 0 amide bonds. The van der Waals surface area contributed by atoms with Gasteiger partial charge < -0.3 is 5.11 Å². The Morgan fingerprint density at radius 1 is 0.931 bits per heavy atom. The second kappa shape index (κ2) is 7.87. The number of carboxylic acid groups (broad SMARTS) is 1. The standard InChI is InChI=1S/C22H23N3O4/c1-22(2,3)18-19(26)24(13-16-9-11-17(12-10-16)20(27)28)21(29)25(23-18)14-15-7-5-4-6-8-15/h4-12H,13-14H2,1-3H3,(H,27,28). The smallest absolute Gasteiger partial charge is 0.348 e. The molecule has 0 fully saturated rings. The zero-order valence-electron chi connectivity index (χ0n) is 16.6. The van der Waals surface area contributed by atoms with Crippen LogP contribution in [0.1, 0.15) is 48.0 Å². The number of aromatic carboxylic acids is 1. The first-order valence-electron chi connectivity index (χ1n) is 9.25. The Labute approximate surface area is 167 Å². The predicted octanol–water partition coefficient (Wildman–Crippen LogP) is 2.50. The van der Waals surface area contributed by atoms with Crippen molar-refractivity contribution in [1.82, 2.24) is 14.3 Å². The van der Waals surface area contributed by atoms with Crippen molar-refractivity contribution in [2.45, 2.75) is 39.3 Å². The average Bonchev–Trinajstić information content (AvgIpc) is 2.67. The Balaban J connectivity index is 2.09. The molecule has 7 heteroatoms. The fraction of sp³-hybridized carbons (Fsp3) is 0.273. The van der Waals surface area contributed by atoms with Gasteiger partial charge in [0.25, 0.3) is 5.56 Å². The largest absolute Gasteiger partial charge is 0.478 e. The summed E-state index contributed by atoms with van der Waals surface area (Å²) in [5, 5.41) is 13.4. The fourth-order valence-corrected chi connectivity index (χ4v) is 2.97. The second-order valence-electron chi connectivity index (χ2n) is 7.92. The van der Waals surface area contributed by atoms with E-state index >= 15 is 0 Å². The first kappa shape index (κ1) is 20.3. The third kappa shape index (κ3) is 4.51. The Hall–Kier alpha value is -3.48. The van der Waals surface area contributed by atoms with Crippen LogP contribution in [0.2, 0.25) is 0 Å². The molecule has 0 atom stereocenters. The van der Waals surface area contributed by atoms with E-state index in [1.54, 1.807) is 12.1 Å². The zero-order valence-corrected chi connectivity index (χ0v) is 16.6. The molecule has 3 aromatic rings. The van der Waals surface area contributed by atoms with Gasteiger partial charge >= 0.3 is 11.7 Å². The fourth-order valence-electron chi connectivity index (χ4n) is 2.97. The molecule has 1 heterocycles. The molecule has 2 aromatic carbocycles. The van der Waals surface area contributed by atoms with E-state index in [0.29, 0.717) is 11.3 Å². The normalized spacial score (nSPS) is 11.4. The molecule has 1 aromatic heterocycles. The third-order valence-corrected chi connectivity index (χ3v) is 4.55. The van der Waals surface area contributed by atoms with Crippen molar-refractivity contribution >= 4 is 5.97 Å². The van der Waals surface area contributed by atoms with Crippen LogP contribution >= 0.6 is 0 Å². The van der Waals surface area contributed by atoms with Gasteiger partial charge in [0.1, 0.15) is 5.69 Å². The van der Waals surface area contributed by atoms with E-state index in [9.17, 15) is 14.4 Å². The van der Waals surface area contributed by atoms with Crippen LogP contribution in [0.3, 0.4) is 0 Å². The van der Waals surface area contributed by atoms with E-state index in [1.165, 1.54) is 16.8 Å². The first-order valence-corrected chi connectivity index (χ1v) is 9.25. The summed E-state index contributed by atoms with van der Waals surface area (Å²) in [6, 6.07) is 15.6. The van der Waals surface area contributed by atoms with Crippen molar-refractivity contribution in [2.75, 3.05) is 0 Å². The molecule has 0 unspecified atom stereocenters. The minimum Gasteiger partial charge on any atom is -0.478 e. The number of carboxylic acids is 1. The molecule has 0 bridgehead atoms. The SMILES string of the molecule is CC(C)(C)c1nn(Cc2ccccc2)c(=O)n(Cc2ccc(C(=O)O)cc2)c1=O. The van der Waals surface area contributed by atoms with Crippen LogP contribution in [0.25, 0.3) is 0 Å². The summed E-state index contributed by atoms with van der Waals surface area (Å²) in [6.07, 6.45) is 0. The van der Waals surface area contributed by atoms with Gasteiger partial charge in [-0.2, -0.15) is 5.10 Å². The lowest BCUT2D eigenvalue weighted by Crippen LogP contribution is -2.46. The molecule has 150 valence electrons. The Morgan fingerprint density at radius 2 is 1.52 bits per heavy atom. The number of nitrogens with zero attached hydrogens (tertiary/aromatic N) is 3. The Kier molecular flexibility index (Phi) is 5.50. The molecule has 0 aliphatic rings. The van der Waals surface area contributed by atoms with Crippen molar-refractivity contribution in [1.29, 1.82) is 0 Å². The highest BCUT2D eigenvalue weighted by Crippen LogP contribution is 2.16. The Morgan fingerprint density at radius 3 is 2.07 bits per heavy atom. The van der Waals surface area contributed by atoms with Crippen LogP contribution in [-0.4, -0.2) is 25.4 Å². The highest BCUT2D eigenvalue weighted by Gasteiger charge is 2.24. The monoisotopic (exact) mass is 393 g/mol. The lowest BCUT2D eigenvalue weighted by Gasteiger charge is -2.20. The molecule has 0 saturated heterocycles. The van der Waals surface area contributed by atoms with E-state index in [0.717, 1.165) is 10.1 Å². The summed E-state index contributed by atoms with van der Waals surface area (Å²) in [4.78, 5) is 37.1. The summed E-state index contributed by atoms with van der Waals surface area (Å²) in [5.41, 5.74) is 0.522. The van der Waals surface area contributed by atoms with Crippen LogP contribution in [0.15, 0.2) is 64.2 Å². The van der Waals surface area contributed by atoms with Gasteiger partial charge in [0.05, 0.1) is 18.7 Å². The van der Waals surface area contributed by atoms with Crippen molar-refractivity contribution in [2.24, 2.45) is 0 Å². The van der Waals surface area contributed by atoms with Crippen LogP contribution < -0.4 is 11.2 Å². The van der Waals surface area contributed by atoms with E-state index in [4.69, 9.17) is 5.11 Å². The van der Waals surface area contributed by atoms with E-state index in [1.807, 2.05) is 51.1 Å². The van der Waals surface area contributed by atoms with Gasteiger partial charge in [-0.1, -0.05) is 63.2 Å². The first-order chi connectivity index (χ1) is 13.7. The van der Waals surface area contributed by atoms with E-state index in [2.05, 4.69) is 5.10 Å². The number of carbonyl (C=O) groups is 1. The van der Waals surface area contributed by atoms with Crippen molar-refractivity contribution in [3.8, 4) is 0 Å². The topological polar surface area (TPSA) is 94.2 Å². The molecule has 0 aliphatic heterocycles. The molecular weight excluding hydrogens is 370 g/mol. The van der Waals surface area contributed by atoms with Gasteiger partial charge in [-0.3, -0.25) is 9.36 Å². The number of aromatic nitrogens is 3. The van der Waals surface area contributed by atoms with Gasteiger partial charge in [0.15, 0.2) is 0 Å². The number of rotatable bonds is 5. The molecule has 0 radical (unpaired) electrons. The maximum atomic E-state index is 13.0. The summed E-state index contributed by atoms with van der Waals surface area (Å²) in [7, 11) is 0. The number of benzene rings is 2. The molecular formula is C22H23N3O4. The van der Waals surface area contributed by atoms with Crippen molar-refractivity contribution in [3.05, 3.63) is 97.8 Å². The molecule has 0 saturated carbocycles. The molecule has 3 rings (SSSR count). The molecule has 29 heavy (non-hydrogen) atoms. The lowest BCUT2D eigenvalue weighted by molar-refractivity contribution is 0.0697.